The second-order valence-electron chi connectivity index (χ2n) is 3.04. The molecule has 0 amide bonds. The summed E-state index contributed by atoms with van der Waals surface area (Å²) in [6.45, 7) is 0. The van der Waals surface area contributed by atoms with Gasteiger partial charge < -0.3 is 13.8 Å². The van der Waals surface area contributed by atoms with Gasteiger partial charge in [0.2, 0.25) is 0 Å². The summed E-state index contributed by atoms with van der Waals surface area (Å²) in [6, 6.07) is 6.48. The molecule has 0 aliphatic rings. The van der Waals surface area contributed by atoms with Crippen LogP contribution in [0.4, 0.5) is 0 Å². The highest BCUT2D eigenvalue weighted by atomic mass is 35.5. The van der Waals surface area contributed by atoms with Crippen molar-refractivity contribution in [2.45, 2.75) is 0 Å². The molecule has 1 aromatic rings. The lowest BCUT2D eigenvalue weighted by Crippen LogP contribution is -2.14. The van der Waals surface area contributed by atoms with E-state index in [1.165, 1.54) is 20.3 Å². The lowest BCUT2D eigenvalue weighted by molar-refractivity contribution is -0.131. The Morgan fingerprint density at radius 3 is 2.41 bits per heavy atom. The third-order valence-electron chi connectivity index (χ3n) is 1.94. The Morgan fingerprint density at radius 1 is 1.29 bits per heavy atom. The van der Waals surface area contributed by atoms with Crippen LogP contribution in [0.25, 0.3) is 0 Å². The average Bonchev–Trinajstić information content (AvgIpc) is 2.32. The summed E-state index contributed by atoms with van der Waals surface area (Å²) in [5.41, 5.74) is 0. The number of hydrogen-bond donors (Lipinski definition) is 0. The molecule has 0 saturated heterocycles. The molecule has 1 aromatic carbocycles. The van der Waals surface area contributed by atoms with Crippen molar-refractivity contribution < 1.29 is 23.1 Å². The van der Waals surface area contributed by atoms with Gasteiger partial charge >= 0.3 is 13.6 Å². The zero-order chi connectivity index (χ0) is 12.9. The summed E-state index contributed by atoms with van der Waals surface area (Å²) in [5.74, 6) is -0.525. The monoisotopic (exact) mass is 278 g/mol. The van der Waals surface area contributed by atoms with Crippen molar-refractivity contribution in [3.05, 3.63) is 29.3 Å². The Hall–Kier alpha value is -0.870. The van der Waals surface area contributed by atoms with Gasteiger partial charge in [0.25, 0.3) is 0 Å². The number of benzene rings is 1. The highest BCUT2D eigenvalue weighted by Gasteiger charge is 2.27. The molecule has 0 heterocycles. The molecule has 94 valence electrons. The largest absolute Gasteiger partial charge is 0.424 e. The molecule has 17 heavy (non-hydrogen) atoms. The van der Waals surface area contributed by atoms with Crippen molar-refractivity contribution >= 4 is 25.2 Å². The van der Waals surface area contributed by atoms with Gasteiger partial charge in [0.1, 0.15) is 11.9 Å². The van der Waals surface area contributed by atoms with E-state index in [1.807, 2.05) is 0 Å². The number of hydrogen-bond acceptors (Lipinski definition) is 5. The predicted molar refractivity (Wildman–Crippen MR) is 63.6 cm³/mol. The van der Waals surface area contributed by atoms with E-state index in [-0.39, 0.29) is 5.75 Å². The zero-order valence-corrected chi connectivity index (χ0v) is 11.0. The van der Waals surface area contributed by atoms with Gasteiger partial charge in [0.15, 0.2) is 0 Å². The fourth-order valence-corrected chi connectivity index (χ4v) is 2.01. The molecule has 0 unspecified atom stereocenters. The molecule has 0 spiro atoms. The molecular weight excluding hydrogens is 267 g/mol. The Kier molecular flexibility index (Phi) is 5.15. The Bertz CT molecular complexity index is 440. The molecule has 0 bridgehead atoms. The normalized spacial score (nSPS) is 11.2. The van der Waals surface area contributed by atoms with Gasteiger partial charge in [-0.05, 0) is 12.1 Å². The fraction of sp³-hybridized carbons (Fsp3) is 0.300. The van der Waals surface area contributed by atoms with Crippen LogP contribution in [0.2, 0.25) is 5.02 Å². The number of halogens is 1. The second-order valence-corrected chi connectivity index (χ2v) is 5.71. The van der Waals surface area contributed by atoms with Crippen molar-refractivity contribution in [1.29, 1.82) is 0 Å². The molecule has 0 atom stereocenters. The van der Waals surface area contributed by atoms with E-state index in [1.54, 1.807) is 18.2 Å². The third-order valence-corrected chi connectivity index (χ3v) is 4.01. The molecule has 0 aromatic heterocycles. The highest BCUT2D eigenvalue weighted by molar-refractivity contribution is 7.54. The van der Waals surface area contributed by atoms with Crippen LogP contribution in [-0.2, 0) is 18.4 Å². The number of para-hydroxylation sites is 1. The van der Waals surface area contributed by atoms with E-state index >= 15 is 0 Å². The fourth-order valence-electron chi connectivity index (χ4n) is 1.04. The van der Waals surface area contributed by atoms with Crippen molar-refractivity contribution in [1.82, 2.24) is 0 Å². The average molecular weight is 279 g/mol. The molecule has 0 radical (unpaired) electrons. The van der Waals surface area contributed by atoms with Crippen molar-refractivity contribution in [2.75, 3.05) is 20.4 Å². The van der Waals surface area contributed by atoms with E-state index in [0.717, 1.165) is 0 Å². The van der Waals surface area contributed by atoms with Gasteiger partial charge in [-0.15, -0.1) is 0 Å². The van der Waals surface area contributed by atoms with Crippen LogP contribution in [-0.4, -0.2) is 26.4 Å². The molecule has 0 N–H and O–H groups in total. The molecular formula is C10H12ClO5P. The number of ether oxygens (including phenoxy) is 1. The van der Waals surface area contributed by atoms with Gasteiger partial charge in [-0.1, -0.05) is 23.7 Å². The lowest BCUT2D eigenvalue weighted by Gasteiger charge is -2.12. The van der Waals surface area contributed by atoms with Crippen molar-refractivity contribution in [3.8, 4) is 5.75 Å². The van der Waals surface area contributed by atoms with Crippen LogP contribution in [0.3, 0.4) is 0 Å². The second kappa shape index (κ2) is 6.17. The van der Waals surface area contributed by atoms with E-state index < -0.39 is 19.7 Å². The van der Waals surface area contributed by atoms with E-state index in [2.05, 4.69) is 9.05 Å². The summed E-state index contributed by atoms with van der Waals surface area (Å²) in [5, 5.41) is 0.297. The first kappa shape index (κ1) is 14.2. The number of carbonyl (C=O) groups is 1. The first-order valence-corrected chi connectivity index (χ1v) is 6.77. The van der Waals surface area contributed by atoms with Crippen LogP contribution in [0.15, 0.2) is 24.3 Å². The van der Waals surface area contributed by atoms with Crippen LogP contribution in [0.1, 0.15) is 0 Å². The van der Waals surface area contributed by atoms with Gasteiger partial charge in [0.05, 0.1) is 5.02 Å². The van der Waals surface area contributed by atoms with E-state index in [9.17, 15) is 9.36 Å². The summed E-state index contributed by atoms with van der Waals surface area (Å²) in [7, 11) is -1.00. The molecule has 0 aliphatic carbocycles. The molecule has 0 aliphatic heterocycles. The molecule has 7 heteroatoms. The maximum absolute atomic E-state index is 11.7. The van der Waals surface area contributed by atoms with Crippen LogP contribution in [0.5, 0.6) is 5.75 Å². The van der Waals surface area contributed by atoms with Crippen molar-refractivity contribution in [3.63, 3.8) is 0 Å². The minimum Gasteiger partial charge on any atom is -0.424 e. The van der Waals surface area contributed by atoms with Gasteiger partial charge in [-0.2, -0.15) is 0 Å². The molecule has 0 saturated carbocycles. The summed E-state index contributed by atoms with van der Waals surface area (Å²) < 4.78 is 25.8. The zero-order valence-electron chi connectivity index (χ0n) is 9.38. The minimum absolute atomic E-state index is 0.206. The predicted octanol–water partition coefficient (Wildman–Crippen LogP) is 2.73. The molecule has 0 fully saturated rings. The summed E-state index contributed by atoms with van der Waals surface area (Å²) in [4.78, 5) is 11.5. The minimum atomic E-state index is -3.41. The maximum Gasteiger partial charge on any atom is 0.341 e. The summed E-state index contributed by atoms with van der Waals surface area (Å²) >= 11 is 5.80. The Morgan fingerprint density at radius 2 is 1.88 bits per heavy atom. The maximum atomic E-state index is 11.7. The van der Waals surface area contributed by atoms with Gasteiger partial charge in [0, 0.05) is 14.2 Å². The lowest BCUT2D eigenvalue weighted by atomic mass is 10.3. The van der Waals surface area contributed by atoms with E-state index in [0.29, 0.717) is 5.02 Å². The third kappa shape index (κ3) is 4.13. The molecule has 1 rings (SSSR count). The first-order chi connectivity index (χ1) is 8.00. The van der Waals surface area contributed by atoms with Crippen LogP contribution >= 0.6 is 19.2 Å². The van der Waals surface area contributed by atoms with E-state index in [4.69, 9.17) is 16.3 Å². The quantitative estimate of drug-likeness (QED) is 0.471. The van der Waals surface area contributed by atoms with Crippen LogP contribution < -0.4 is 4.74 Å². The molecule has 5 nitrogen and oxygen atoms in total. The van der Waals surface area contributed by atoms with Crippen molar-refractivity contribution in [2.24, 2.45) is 0 Å². The first-order valence-electron chi connectivity index (χ1n) is 4.66. The number of rotatable bonds is 5. The van der Waals surface area contributed by atoms with Gasteiger partial charge in [-0.3, -0.25) is 9.36 Å². The highest BCUT2D eigenvalue weighted by Crippen LogP contribution is 2.46. The topological polar surface area (TPSA) is 61.8 Å². The Balaban J connectivity index is 2.68. The SMILES string of the molecule is COP(=O)(CC(=O)Oc1ccccc1Cl)OC. The summed E-state index contributed by atoms with van der Waals surface area (Å²) in [6.07, 6.45) is -0.467. The Labute approximate surface area is 104 Å². The number of carbonyl (C=O) groups excluding carboxylic acids is 1. The van der Waals surface area contributed by atoms with Gasteiger partial charge in [-0.25, -0.2) is 0 Å². The number of esters is 1. The smallest absolute Gasteiger partial charge is 0.341 e. The van der Waals surface area contributed by atoms with Crippen LogP contribution in [0, 0.1) is 0 Å². The standard InChI is InChI=1S/C10H12ClO5P/c1-14-17(13,15-2)7-10(12)16-9-6-4-3-5-8(9)11/h3-6H,7H2,1-2H3.